The van der Waals surface area contributed by atoms with Gasteiger partial charge in [-0.15, -0.1) is 0 Å². The summed E-state index contributed by atoms with van der Waals surface area (Å²) in [6.07, 6.45) is -1.23. The third kappa shape index (κ3) is 3.11. The van der Waals surface area contributed by atoms with E-state index in [4.69, 9.17) is 27.5 Å². The Morgan fingerprint density at radius 2 is 2.15 bits per heavy atom. The lowest BCUT2D eigenvalue weighted by Gasteiger charge is -2.19. The van der Waals surface area contributed by atoms with E-state index in [-0.39, 0.29) is 22.3 Å². The number of hydrogen-bond acceptors (Lipinski definition) is 6. The minimum Gasteiger partial charge on any atom is -0.394 e. The number of nitrogens with two attached hydrogens (primary N) is 1. The normalized spacial score (nSPS) is 13.8. The van der Waals surface area contributed by atoms with Crippen molar-refractivity contribution in [3.8, 4) is 0 Å². The van der Waals surface area contributed by atoms with Gasteiger partial charge < -0.3 is 20.5 Å². The monoisotopic (exact) mass is 307 g/mol. The van der Waals surface area contributed by atoms with Gasteiger partial charge in [0.1, 0.15) is 5.52 Å². The van der Waals surface area contributed by atoms with Crippen LogP contribution in [0.1, 0.15) is 6.42 Å². The van der Waals surface area contributed by atoms with Crippen molar-refractivity contribution in [2.75, 3.05) is 12.3 Å². The highest BCUT2D eigenvalue weighted by molar-refractivity contribution is 6.33. The number of anilines is 1. The first kappa shape index (κ1) is 14.8. The molecule has 0 bridgehead atoms. The quantitative estimate of drug-likeness (QED) is 0.691. The average molecular weight is 308 g/mol. The Balaban J connectivity index is 2.30. The van der Waals surface area contributed by atoms with E-state index in [2.05, 4.69) is 15.0 Å². The van der Waals surface area contributed by atoms with E-state index in [1.54, 1.807) is 0 Å². The number of halogens is 3. The standard InChI is InChI=1S/C10H12ClF2N5O2/c11-7-6-8(17-9(14)16-7)18(4-15-6)3-10(12,13)1-5(20)2-19/h4-5,19-20H,1-3H2,(H2,14,16,17). The lowest BCUT2D eigenvalue weighted by molar-refractivity contribution is -0.0664. The Morgan fingerprint density at radius 1 is 1.45 bits per heavy atom. The van der Waals surface area contributed by atoms with Gasteiger partial charge in [-0.05, 0) is 0 Å². The summed E-state index contributed by atoms with van der Waals surface area (Å²) < 4.78 is 28.5. The predicted octanol–water partition coefficient (Wildman–Crippen LogP) is 0.440. The van der Waals surface area contributed by atoms with E-state index >= 15 is 0 Å². The molecule has 1 unspecified atom stereocenters. The number of aliphatic hydroxyl groups excluding tert-OH is 2. The van der Waals surface area contributed by atoms with Gasteiger partial charge in [0.15, 0.2) is 10.8 Å². The molecule has 0 aliphatic rings. The van der Waals surface area contributed by atoms with E-state index in [1.165, 1.54) is 0 Å². The van der Waals surface area contributed by atoms with Crippen molar-refractivity contribution < 1.29 is 19.0 Å². The largest absolute Gasteiger partial charge is 0.394 e. The summed E-state index contributed by atoms with van der Waals surface area (Å²) in [7, 11) is 0. The summed E-state index contributed by atoms with van der Waals surface area (Å²) in [6.45, 7) is -1.51. The second kappa shape index (κ2) is 5.43. The summed E-state index contributed by atoms with van der Waals surface area (Å²) >= 11 is 5.79. The van der Waals surface area contributed by atoms with Crippen molar-refractivity contribution >= 4 is 28.7 Å². The minimum atomic E-state index is -3.25. The van der Waals surface area contributed by atoms with Crippen molar-refractivity contribution in [3.63, 3.8) is 0 Å². The number of rotatable bonds is 5. The van der Waals surface area contributed by atoms with Crippen LogP contribution in [0.4, 0.5) is 14.7 Å². The number of alkyl halides is 2. The number of nitrogen functional groups attached to an aromatic ring is 1. The number of aromatic nitrogens is 4. The SMILES string of the molecule is Nc1nc(Cl)c2ncn(CC(F)(F)CC(O)CO)c2n1. The first-order chi connectivity index (χ1) is 9.32. The third-order valence-electron chi connectivity index (χ3n) is 2.59. The maximum absolute atomic E-state index is 13.7. The van der Waals surface area contributed by atoms with Crippen LogP contribution in [0.25, 0.3) is 11.2 Å². The van der Waals surface area contributed by atoms with E-state index in [0.717, 1.165) is 10.9 Å². The molecule has 2 heterocycles. The molecule has 0 fully saturated rings. The highest BCUT2D eigenvalue weighted by Crippen LogP contribution is 2.26. The van der Waals surface area contributed by atoms with Gasteiger partial charge in [0.05, 0.1) is 25.6 Å². The molecule has 0 amide bonds. The molecule has 0 saturated heterocycles. The van der Waals surface area contributed by atoms with E-state index in [1.807, 2.05) is 0 Å². The van der Waals surface area contributed by atoms with Gasteiger partial charge in [0, 0.05) is 6.42 Å². The molecule has 0 spiro atoms. The molecule has 4 N–H and O–H groups in total. The van der Waals surface area contributed by atoms with E-state index in [9.17, 15) is 8.78 Å². The van der Waals surface area contributed by atoms with Crippen LogP contribution in [0.15, 0.2) is 6.33 Å². The molecule has 7 nitrogen and oxygen atoms in total. The lowest BCUT2D eigenvalue weighted by Crippen LogP contribution is -2.30. The molecule has 2 aromatic rings. The topological polar surface area (TPSA) is 110 Å². The van der Waals surface area contributed by atoms with Gasteiger partial charge in [-0.3, -0.25) is 0 Å². The molecular formula is C10H12ClF2N5O2. The zero-order chi connectivity index (χ0) is 14.9. The average Bonchev–Trinajstić information content (AvgIpc) is 2.71. The summed E-state index contributed by atoms with van der Waals surface area (Å²) in [5, 5.41) is 17.7. The van der Waals surface area contributed by atoms with Crippen LogP contribution in [0.5, 0.6) is 0 Å². The molecule has 0 aromatic carbocycles. The van der Waals surface area contributed by atoms with Crippen LogP contribution in [0.3, 0.4) is 0 Å². The highest BCUT2D eigenvalue weighted by Gasteiger charge is 2.33. The summed E-state index contributed by atoms with van der Waals surface area (Å²) in [4.78, 5) is 11.3. The first-order valence-corrected chi connectivity index (χ1v) is 6.01. The number of imidazole rings is 1. The smallest absolute Gasteiger partial charge is 0.268 e. The summed E-state index contributed by atoms with van der Waals surface area (Å²) in [5.41, 5.74) is 5.66. The molecular weight excluding hydrogens is 296 g/mol. The highest BCUT2D eigenvalue weighted by atomic mass is 35.5. The molecule has 2 aromatic heterocycles. The summed E-state index contributed by atoms with van der Waals surface area (Å²) in [5.74, 6) is -3.40. The molecule has 110 valence electrons. The Labute approximate surface area is 117 Å². The molecule has 0 saturated carbocycles. The number of fused-ring (bicyclic) bond motifs is 1. The lowest BCUT2D eigenvalue weighted by atomic mass is 10.1. The second-order valence-corrected chi connectivity index (χ2v) is 4.67. The number of aliphatic hydroxyl groups is 2. The van der Waals surface area contributed by atoms with Gasteiger partial charge in [-0.25, -0.2) is 13.8 Å². The minimum absolute atomic E-state index is 0.0232. The van der Waals surface area contributed by atoms with Crippen molar-refractivity contribution in [2.24, 2.45) is 0 Å². The molecule has 0 radical (unpaired) electrons. The Hall–Kier alpha value is -1.58. The molecule has 20 heavy (non-hydrogen) atoms. The van der Waals surface area contributed by atoms with Crippen molar-refractivity contribution in [1.82, 2.24) is 19.5 Å². The van der Waals surface area contributed by atoms with Crippen LogP contribution in [-0.4, -0.2) is 48.4 Å². The van der Waals surface area contributed by atoms with Gasteiger partial charge in [0.25, 0.3) is 5.92 Å². The van der Waals surface area contributed by atoms with Crippen molar-refractivity contribution in [2.45, 2.75) is 25.0 Å². The fraction of sp³-hybridized carbons (Fsp3) is 0.500. The van der Waals surface area contributed by atoms with Gasteiger partial charge in [-0.2, -0.15) is 9.97 Å². The van der Waals surface area contributed by atoms with Crippen molar-refractivity contribution in [3.05, 3.63) is 11.5 Å². The zero-order valence-corrected chi connectivity index (χ0v) is 10.9. The second-order valence-electron chi connectivity index (χ2n) is 4.31. The van der Waals surface area contributed by atoms with Gasteiger partial charge >= 0.3 is 0 Å². The Kier molecular flexibility index (Phi) is 4.02. The van der Waals surface area contributed by atoms with Crippen LogP contribution in [-0.2, 0) is 6.54 Å². The fourth-order valence-corrected chi connectivity index (χ4v) is 1.98. The van der Waals surface area contributed by atoms with Gasteiger partial charge in [-0.1, -0.05) is 11.6 Å². The fourth-order valence-electron chi connectivity index (χ4n) is 1.76. The predicted molar refractivity (Wildman–Crippen MR) is 67.4 cm³/mol. The van der Waals surface area contributed by atoms with Crippen LogP contribution in [0.2, 0.25) is 5.15 Å². The Morgan fingerprint density at radius 3 is 2.80 bits per heavy atom. The number of nitrogens with zero attached hydrogens (tertiary/aromatic N) is 4. The molecule has 0 aliphatic carbocycles. The third-order valence-corrected chi connectivity index (χ3v) is 2.85. The van der Waals surface area contributed by atoms with E-state index in [0.29, 0.717) is 0 Å². The van der Waals surface area contributed by atoms with Gasteiger partial charge in [0.2, 0.25) is 5.95 Å². The Bertz CT molecular complexity index is 621. The first-order valence-electron chi connectivity index (χ1n) is 5.63. The molecule has 10 heteroatoms. The summed E-state index contributed by atoms with van der Waals surface area (Å²) in [6, 6.07) is 0. The molecule has 1 atom stereocenters. The molecule has 0 aliphatic heterocycles. The van der Waals surface area contributed by atoms with Crippen molar-refractivity contribution in [1.29, 1.82) is 0 Å². The number of hydrogen-bond donors (Lipinski definition) is 3. The van der Waals surface area contributed by atoms with Crippen LogP contribution in [0, 0.1) is 0 Å². The maximum atomic E-state index is 13.7. The van der Waals surface area contributed by atoms with Crippen LogP contribution < -0.4 is 5.73 Å². The van der Waals surface area contributed by atoms with E-state index < -0.39 is 31.6 Å². The van der Waals surface area contributed by atoms with Crippen LogP contribution >= 0.6 is 11.6 Å². The maximum Gasteiger partial charge on any atom is 0.268 e. The molecule has 2 rings (SSSR count). The zero-order valence-electron chi connectivity index (χ0n) is 10.2.